The number of hydrogen-bond acceptors (Lipinski definition) is 6. The number of nitrogen functional groups attached to an aromatic ring is 1. The van der Waals surface area contributed by atoms with E-state index in [2.05, 4.69) is 22.3 Å². The molecule has 202 valence electrons. The molecule has 10 heteroatoms. The summed E-state index contributed by atoms with van der Waals surface area (Å²) in [7, 11) is 3.82. The van der Waals surface area contributed by atoms with Crippen molar-refractivity contribution in [2.75, 3.05) is 62.8 Å². The molecule has 1 aliphatic heterocycles. The Morgan fingerprint density at radius 3 is 2.43 bits per heavy atom. The molecule has 0 saturated carbocycles. The summed E-state index contributed by atoms with van der Waals surface area (Å²) in [5.41, 5.74) is 11.4. The zero-order valence-electron chi connectivity index (χ0n) is 22.0. The third kappa shape index (κ3) is 6.94. The van der Waals surface area contributed by atoms with Crippen LogP contribution in [0.3, 0.4) is 0 Å². The van der Waals surface area contributed by atoms with Gasteiger partial charge in [-0.25, -0.2) is 4.39 Å². The van der Waals surface area contributed by atoms with Gasteiger partial charge < -0.3 is 25.8 Å². The van der Waals surface area contributed by atoms with E-state index in [4.69, 9.17) is 10.7 Å². The predicted octanol–water partition coefficient (Wildman–Crippen LogP) is 4.80. The summed E-state index contributed by atoms with van der Waals surface area (Å²) in [6, 6.07) is 11.3. The first-order chi connectivity index (χ1) is 16.6. The van der Waals surface area contributed by atoms with E-state index in [1.807, 2.05) is 49.9 Å². The standard InChI is InChI=1S/C27H35FN6O.2ClH/c1-17-12-20(29)14-22(27(17)28)19(3)31-25-13-18(2)30-24-7-6-21(15-23(24)25)33-8-10-34(11-9-33)26(35)16-32(4)5;;/h6-7,12-15,19H,8-11,16,29H2,1-5H3,(H,30,31);2*1H/t19-;;/m1../s1. The number of nitrogens with one attached hydrogen (secondary N) is 1. The van der Waals surface area contributed by atoms with Crippen LogP contribution in [0.25, 0.3) is 10.9 Å². The molecule has 0 unspecified atom stereocenters. The minimum atomic E-state index is -0.280. The van der Waals surface area contributed by atoms with E-state index in [9.17, 15) is 9.18 Å². The third-order valence-corrected chi connectivity index (χ3v) is 6.51. The number of nitrogens with two attached hydrogens (primary N) is 1. The summed E-state index contributed by atoms with van der Waals surface area (Å²) in [5, 5.41) is 4.47. The van der Waals surface area contributed by atoms with E-state index < -0.39 is 0 Å². The number of rotatable bonds is 6. The summed E-state index contributed by atoms with van der Waals surface area (Å²) >= 11 is 0. The summed E-state index contributed by atoms with van der Waals surface area (Å²) in [6.07, 6.45) is 0. The minimum Gasteiger partial charge on any atom is -0.399 e. The van der Waals surface area contributed by atoms with Crippen LogP contribution in [0.2, 0.25) is 0 Å². The van der Waals surface area contributed by atoms with Gasteiger partial charge in [-0.2, -0.15) is 0 Å². The van der Waals surface area contributed by atoms with Gasteiger partial charge in [0, 0.05) is 59.9 Å². The first kappa shape index (κ1) is 30.4. The molecule has 0 radical (unpaired) electrons. The fraction of sp³-hybridized carbons (Fsp3) is 0.407. The van der Waals surface area contributed by atoms with Crippen LogP contribution in [0.1, 0.15) is 29.8 Å². The fourth-order valence-corrected chi connectivity index (χ4v) is 4.70. The number of benzene rings is 2. The lowest BCUT2D eigenvalue weighted by Crippen LogP contribution is -2.50. The third-order valence-electron chi connectivity index (χ3n) is 6.51. The molecule has 4 rings (SSSR count). The fourth-order valence-electron chi connectivity index (χ4n) is 4.70. The molecule has 1 aromatic heterocycles. The second-order valence-electron chi connectivity index (χ2n) is 9.73. The highest BCUT2D eigenvalue weighted by Gasteiger charge is 2.22. The van der Waals surface area contributed by atoms with Gasteiger partial charge in [-0.3, -0.25) is 9.78 Å². The number of aryl methyl sites for hydroxylation is 2. The Bertz CT molecular complexity index is 1250. The Balaban J connectivity index is 0.00000241. The molecule has 3 aromatic rings. The quantitative estimate of drug-likeness (QED) is 0.429. The molecule has 37 heavy (non-hydrogen) atoms. The normalized spacial score (nSPS) is 14.2. The van der Waals surface area contributed by atoms with Crippen molar-refractivity contribution in [3.63, 3.8) is 0 Å². The summed E-state index contributed by atoms with van der Waals surface area (Å²) < 4.78 is 14.8. The van der Waals surface area contributed by atoms with Crippen LogP contribution in [-0.4, -0.2) is 67.5 Å². The van der Waals surface area contributed by atoms with E-state index in [1.54, 1.807) is 19.1 Å². The second-order valence-corrected chi connectivity index (χ2v) is 9.73. The Morgan fingerprint density at radius 1 is 1.11 bits per heavy atom. The Labute approximate surface area is 231 Å². The highest BCUT2D eigenvalue weighted by atomic mass is 35.5. The van der Waals surface area contributed by atoms with E-state index in [0.29, 0.717) is 36.4 Å². The zero-order chi connectivity index (χ0) is 25.3. The second kappa shape index (κ2) is 12.6. The average Bonchev–Trinajstić information content (AvgIpc) is 2.80. The number of carbonyl (C=O) groups excluding carboxylic acids is 1. The average molecular weight is 552 g/mol. The Hall–Kier alpha value is -2.81. The van der Waals surface area contributed by atoms with Crippen LogP contribution in [-0.2, 0) is 4.79 Å². The number of anilines is 3. The molecular weight excluding hydrogens is 514 g/mol. The molecule has 1 aliphatic rings. The van der Waals surface area contributed by atoms with Crippen molar-refractivity contribution in [2.24, 2.45) is 0 Å². The SMILES string of the molecule is Cc1cc(N[C@H](C)c2cc(N)cc(C)c2F)c2cc(N3CCN(C(=O)CN(C)C)CC3)ccc2n1.Cl.Cl. The van der Waals surface area contributed by atoms with Crippen molar-refractivity contribution in [2.45, 2.75) is 26.8 Å². The van der Waals surface area contributed by atoms with Crippen LogP contribution in [0, 0.1) is 19.7 Å². The van der Waals surface area contributed by atoms with Crippen molar-refractivity contribution in [3.05, 3.63) is 59.0 Å². The van der Waals surface area contributed by atoms with Gasteiger partial charge >= 0.3 is 0 Å². The number of piperazine rings is 1. The van der Waals surface area contributed by atoms with Gasteiger partial charge in [0.1, 0.15) is 5.82 Å². The molecule has 1 amide bonds. The van der Waals surface area contributed by atoms with Gasteiger partial charge in [-0.15, -0.1) is 24.8 Å². The molecule has 1 saturated heterocycles. The van der Waals surface area contributed by atoms with Crippen LogP contribution in [0.4, 0.5) is 21.5 Å². The highest BCUT2D eigenvalue weighted by Crippen LogP contribution is 2.32. The molecule has 1 atom stereocenters. The number of amides is 1. The van der Waals surface area contributed by atoms with Gasteiger partial charge in [0.2, 0.25) is 5.91 Å². The minimum absolute atomic E-state index is 0. The van der Waals surface area contributed by atoms with Crippen molar-refractivity contribution in [3.8, 4) is 0 Å². The lowest BCUT2D eigenvalue weighted by Gasteiger charge is -2.36. The van der Waals surface area contributed by atoms with Crippen molar-refractivity contribution in [1.82, 2.24) is 14.8 Å². The number of pyridine rings is 1. The van der Waals surface area contributed by atoms with E-state index in [0.717, 1.165) is 41.1 Å². The molecule has 2 aromatic carbocycles. The van der Waals surface area contributed by atoms with Crippen molar-refractivity contribution >= 4 is 58.7 Å². The summed E-state index contributed by atoms with van der Waals surface area (Å²) in [4.78, 5) is 23.2. The maximum atomic E-state index is 14.8. The summed E-state index contributed by atoms with van der Waals surface area (Å²) in [5.74, 6) is -0.0750. The molecular formula is C27H37Cl2FN6O. The molecule has 0 bridgehead atoms. The van der Waals surface area contributed by atoms with Crippen molar-refractivity contribution < 1.29 is 9.18 Å². The Morgan fingerprint density at radius 2 is 1.78 bits per heavy atom. The molecule has 0 aliphatic carbocycles. The number of carbonyl (C=O) groups is 1. The van der Waals surface area contributed by atoms with Crippen LogP contribution in [0.5, 0.6) is 0 Å². The van der Waals surface area contributed by atoms with Gasteiger partial charge in [0.15, 0.2) is 0 Å². The number of hydrogen-bond donors (Lipinski definition) is 2. The summed E-state index contributed by atoms with van der Waals surface area (Å²) in [6.45, 7) is 9.01. The maximum Gasteiger partial charge on any atom is 0.236 e. The van der Waals surface area contributed by atoms with Gasteiger partial charge in [0.05, 0.1) is 18.1 Å². The van der Waals surface area contributed by atoms with Crippen LogP contribution < -0.4 is 16.0 Å². The van der Waals surface area contributed by atoms with E-state index >= 15 is 0 Å². The van der Waals surface area contributed by atoms with Gasteiger partial charge in [0.25, 0.3) is 0 Å². The van der Waals surface area contributed by atoms with Gasteiger partial charge in [-0.05, 0) is 76.8 Å². The van der Waals surface area contributed by atoms with Crippen molar-refractivity contribution in [1.29, 1.82) is 0 Å². The van der Waals surface area contributed by atoms with Crippen LogP contribution in [0.15, 0.2) is 36.4 Å². The largest absolute Gasteiger partial charge is 0.399 e. The smallest absolute Gasteiger partial charge is 0.236 e. The first-order valence-corrected chi connectivity index (χ1v) is 12.0. The Kier molecular flexibility index (Phi) is 10.4. The molecule has 7 nitrogen and oxygen atoms in total. The van der Waals surface area contributed by atoms with Crippen LogP contribution >= 0.6 is 24.8 Å². The van der Waals surface area contributed by atoms with Gasteiger partial charge in [-0.1, -0.05) is 0 Å². The molecule has 1 fully saturated rings. The predicted molar refractivity (Wildman–Crippen MR) is 156 cm³/mol. The zero-order valence-corrected chi connectivity index (χ0v) is 23.7. The molecule has 3 N–H and O–H groups in total. The number of likely N-dealkylation sites (N-methyl/N-ethyl adjacent to an activating group) is 1. The van der Waals surface area contributed by atoms with E-state index in [-0.39, 0.29) is 42.6 Å². The lowest BCUT2D eigenvalue weighted by molar-refractivity contribution is -0.132. The number of aromatic nitrogens is 1. The van der Waals surface area contributed by atoms with E-state index in [1.165, 1.54) is 0 Å². The number of halogens is 3. The molecule has 2 heterocycles. The molecule has 0 spiro atoms. The lowest BCUT2D eigenvalue weighted by atomic mass is 10.0. The first-order valence-electron chi connectivity index (χ1n) is 12.0. The number of nitrogens with zero attached hydrogens (tertiary/aromatic N) is 4. The topological polar surface area (TPSA) is 77.7 Å². The maximum absolute atomic E-state index is 14.8. The highest BCUT2D eigenvalue weighted by molar-refractivity contribution is 5.94. The number of fused-ring (bicyclic) bond motifs is 1. The monoisotopic (exact) mass is 550 g/mol.